The molecule has 0 spiro atoms. The molecule has 1 heterocycles. The molecule has 52 valence electrons. The molecule has 0 saturated heterocycles. The van der Waals surface area contributed by atoms with E-state index < -0.39 is 6.16 Å². The van der Waals surface area contributed by atoms with E-state index in [0.29, 0.717) is 0 Å². The van der Waals surface area contributed by atoms with Gasteiger partial charge in [-0.25, -0.2) is 4.79 Å². The Morgan fingerprint density at radius 3 is 2.70 bits per heavy atom. The second kappa shape index (κ2) is 2.48. The second-order valence-corrected chi connectivity index (χ2v) is 1.61. The summed E-state index contributed by atoms with van der Waals surface area (Å²) < 4.78 is 4.00. The lowest BCUT2D eigenvalue weighted by Crippen LogP contribution is -2.05. The monoisotopic (exact) mass is 159 g/mol. The maximum Gasteiger partial charge on any atom is 0.513 e. The Balaban J connectivity index is 2.60. The Hall–Kier alpha value is -1.37. The zero-order chi connectivity index (χ0) is 7.56. The number of nitrogens with zero attached hydrogens (tertiary/aromatic N) is 3. The van der Waals surface area contributed by atoms with Gasteiger partial charge in [0.1, 0.15) is 0 Å². The van der Waals surface area contributed by atoms with Crippen LogP contribution >= 0.6 is 12.2 Å². The van der Waals surface area contributed by atoms with Crippen LogP contribution in [0.2, 0.25) is 0 Å². The van der Waals surface area contributed by atoms with E-state index in [1.807, 2.05) is 0 Å². The van der Waals surface area contributed by atoms with E-state index >= 15 is 0 Å². The third kappa shape index (κ3) is 1.55. The van der Waals surface area contributed by atoms with Gasteiger partial charge >= 0.3 is 12.2 Å². The van der Waals surface area contributed by atoms with E-state index in [0.717, 1.165) is 0 Å². The summed E-state index contributed by atoms with van der Waals surface area (Å²) in [5.41, 5.74) is 0. The van der Waals surface area contributed by atoms with E-state index in [1.165, 1.54) is 0 Å². The van der Waals surface area contributed by atoms with Crippen molar-refractivity contribution in [3.05, 3.63) is 0 Å². The zero-order valence-electron chi connectivity index (χ0n) is 4.51. The predicted octanol–water partition coefficient (Wildman–Crippen LogP) is 0.788. The fourth-order valence-electron chi connectivity index (χ4n) is 0.333. The molecule has 1 aliphatic rings. The van der Waals surface area contributed by atoms with Crippen molar-refractivity contribution in [2.75, 3.05) is 0 Å². The minimum absolute atomic E-state index is 0.0312. The maximum absolute atomic E-state index is 9.81. The molecule has 1 aliphatic heterocycles. The Morgan fingerprint density at radius 2 is 2.30 bits per heavy atom. The first-order chi connectivity index (χ1) is 4.68. The van der Waals surface area contributed by atoms with Gasteiger partial charge in [0.25, 0.3) is 0 Å². The van der Waals surface area contributed by atoms with Gasteiger partial charge in [0.2, 0.25) is 5.11 Å². The van der Waals surface area contributed by atoms with Crippen molar-refractivity contribution in [3.8, 4) is 0 Å². The third-order valence-electron chi connectivity index (χ3n) is 0.591. The van der Waals surface area contributed by atoms with Gasteiger partial charge in [-0.3, -0.25) is 0 Å². The molecule has 10 heavy (non-hydrogen) atoms. The largest absolute Gasteiger partial charge is 0.513 e. The summed E-state index contributed by atoms with van der Waals surface area (Å²) in [4.78, 5) is 13.2. The SMILES string of the molecule is O=C(O)OC1=NC(=S)N=N1. The summed E-state index contributed by atoms with van der Waals surface area (Å²) in [6, 6.07) is -0.336. The fourth-order valence-corrected chi connectivity index (χ4v) is 0.452. The van der Waals surface area contributed by atoms with Gasteiger partial charge in [0.15, 0.2) is 0 Å². The second-order valence-electron chi connectivity index (χ2n) is 1.24. The van der Waals surface area contributed by atoms with Crippen LogP contribution in [0.5, 0.6) is 0 Å². The van der Waals surface area contributed by atoms with E-state index in [4.69, 9.17) is 5.11 Å². The smallest absolute Gasteiger partial charge is 0.449 e. The molecule has 0 saturated carbocycles. The molecule has 0 aromatic heterocycles. The van der Waals surface area contributed by atoms with Crippen LogP contribution in [0.15, 0.2) is 15.2 Å². The van der Waals surface area contributed by atoms with Crippen molar-refractivity contribution in [2.45, 2.75) is 0 Å². The minimum atomic E-state index is -1.48. The van der Waals surface area contributed by atoms with Gasteiger partial charge in [0, 0.05) is 0 Å². The molecule has 0 bridgehead atoms. The highest BCUT2D eigenvalue weighted by Gasteiger charge is 2.11. The van der Waals surface area contributed by atoms with E-state index in [-0.39, 0.29) is 11.1 Å². The number of thiocarbonyl (C=S) groups is 1. The molecule has 0 radical (unpaired) electrons. The highest BCUT2D eigenvalue weighted by atomic mass is 32.1. The van der Waals surface area contributed by atoms with E-state index in [2.05, 4.69) is 32.2 Å². The first-order valence-corrected chi connectivity index (χ1v) is 2.54. The van der Waals surface area contributed by atoms with Crippen LogP contribution in [0.4, 0.5) is 4.79 Å². The van der Waals surface area contributed by atoms with Crippen molar-refractivity contribution in [1.29, 1.82) is 0 Å². The Morgan fingerprint density at radius 1 is 1.60 bits per heavy atom. The Kier molecular flexibility index (Phi) is 1.67. The number of carboxylic acid groups (broad SMARTS) is 1. The molecule has 1 N–H and O–H groups in total. The molecule has 0 aliphatic carbocycles. The van der Waals surface area contributed by atoms with Crippen molar-refractivity contribution in [2.24, 2.45) is 15.2 Å². The molecule has 7 heteroatoms. The van der Waals surface area contributed by atoms with Crippen LogP contribution in [0, 0.1) is 0 Å². The van der Waals surface area contributed by atoms with Crippen molar-refractivity contribution >= 4 is 29.5 Å². The van der Waals surface area contributed by atoms with Gasteiger partial charge in [-0.05, 0) is 12.2 Å². The predicted molar refractivity (Wildman–Crippen MR) is 34.0 cm³/mol. The summed E-state index contributed by atoms with van der Waals surface area (Å²) in [5.74, 6) is 0. The third-order valence-corrected chi connectivity index (χ3v) is 0.764. The number of rotatable bonds is 0. The molecule has 0 atom stereocenters. The van der Waals surface area contributed by atoms with E-state index in [9.17, 15) is 4.79 Å². The van der Waals surface area contributed by atoms with Crippen LogP contribution in [0.1, 0.15) is 0 Å². The highest BCUT2D eigenvalue weighted by Crippen LogP contribution is 1.99. The molecule has 0 aromatic carbocycles. The van der Waals surface area contributed by atoms with Crippen LogP contribution < -0.4 is 0 Å². The topological polar surface area (TPSA) is 83.6 Å². The van der Waals surface area contributed by atoms with E-state index in [1.54, 1.807) is 0 Å². The van der Waals surface area contributed by atoms with Gasteiger partial charge in [-0.15, -0.1) is 5.11 Å². The highest BCUT2D eigenvalue weighted by molar-refractivity contribution is 7.80. The van der Waals surface area contributed by atoms with Gasteiger partial charge in [0.05, 0.1) is 0 Å². The standard InChI is InChI=1S/C3HN3O3S/c7-3(8)9-1-4-2(10)6-5-1/h(H,7,8). The number of ether oxygens (including phenoxy) is 1. The lowest BCUT2D eigenvalue weighted by Gasteiger charge is -1.88. The van der Waals surface area contributed by atoms with Crippen LogP contribution in [-0.4, -0.2) is 22.4 Å². The lowest BCUT2D eigenvalue weighted by atomic mass is 11.1. The number of hydrogen-bond donors (Lipinski definition) is 1. The molecular formula is C3HN3O3S. The number of amidine groups is 1. The van der Waals surface area contributed by atoms with Gasteiger partial charge in [-0.2, -0.15) is 4.99 Å². The number of azo groups is 1. The minimum Gasteiger partial charge on any atom is -0.449 e. The fraction of sp³-hybridized carbons (Fsp3) is 0. The first kappa shape index (κ1) is 6.75. The molecule has 0 aromatic rings. The summed E-state index contributed by atoms with van der Waals surface area (Å²) in [5, 5.41) is 14.4. The molecular weight excluding hydrogens is 158 g/mol. The van der Waals surface area contributed by atoms with Crippen molar-refractivity contribution in [1.82, 2.24) is 0 Å². The molecule has 0 unspecified atom stereocenters. The normalized spacial score (nSPS) is 15.2. The van der Waals surface area contributed by atoms with Crippen LogP contribution in [0.3, 0.4) is 0 Å². The average molecular weight is 159 g/mol. The zero-order valence-corrected chi connectivity index (χ0v) is 5.33. The number of carbonyl (C=O) groups is 1. The first-order valence-electron chi connectivity index (χ1n) is 2.13. The van der Waals surface area contributed by atoms with Crippen molar-refractivity contribution < 1.29 is 14.6 Å². The molecule has 0 amide bonds. The molecule has 6 nitrogen and oxygen atoms in total. The number of hydrogen-bond acceptors (Lipinski definition) is 4. The van der Waals surface area contributed by atoms with Gasteiger partial charge < -0.3 is 9.84 Å². The summed E-state index contributed by atoms with van der Waals surface area (Å²) in [6.07, 6.45) is -1.48. The molecule has 0 fully saturated rings. The Bertz CT molecular complexity index is 245. The lowest BCUT2D eigenvalue weighted by molar-refractivity contribution is 0.140. The van der Waals surface area contributed by atoms with Gasteiger partial charge in [-0.1, -0.05) is 5.11 Å². The van der Waals surface area contributed by atoms with Crippen molar-refractivity contribution in [3.63, 3.8) is 0 Å². The summed E-state index contributed by atoms with van der Waals surface area (Å²) in [7, 11) is 0. The van der Waals surface area contributed by atoms with Crippen LogP contribution in [0.25, 0.3) is 0 Å². The quantitative estimate of drug-likeness (QED) is 0.418. The maximum atomic E-state index is 9.81. The van der Waals surface area contributed by atoms with Crippen LogP contribution in [-0.2, 0) is 4.74 Å². The summed E-state index contributed by atoms with van der Waals surface area (Å²) >= 11 is 4.43. The Labute approximate surface area is 60.2 Å². The number of aliphatic imine (C=N–C) groups is 1. The average Bonchev–Trinajstić information content (AvgIpc) is 2.13. The molecule has 1 rings (SSSR count). The summed E-state index contributed by atoms with van der Waals surface area (Å²) in [6.45, 7) is 0.